The standard InChI is InChI=1S/C22H17F3N2O4S/c23-16-7-3-1-6-15(16)13-18-20(29)27(22(30)32-18)12-11-26-19(28)10-9-14-5-2-4-8-17(14)31-21(24)25/h1-10,13,21H,11-12H2,(H,26,28)/b10-9+,18-13-. The van der Waals surface area contributed by atoms with Gasteiger partial charge in [0.15, 0.2) is 0 Å². The van der Waals surface area contributed by atoms with Crippen molar-refractivity contribution in [3.63, 3.8) is 0 Å². The molecule has 6 nitrogen and oxygen atoms in total. The molecule has 0 aromatic heterocycles. The highest BCUT2D eigenvalue weighted by Gasteiger charge is 2.34. The number of carbonyl (C=O) groups excluding carboxylic acids is 3. The number of halogens is 3. The summed E-state index contributed by atoms with van der Waals surface area (Å²) in [5.41, 5.74) is 0.472. The van der Waals surface area contributed by atoms with Crippen LogP contribution >= 0.6 is 11.8 Å². The molecule has 1 aliphatic heterocycles. The zero-order valence-corrected chi connectivity index (χ0v) is 17.3. The minimum Gasteiger partial charge on any atom is -0.434 e. The van der Waals surface area contributed by atoms with Gasteiger partial charge in [-0.05, 0) is 36.0 Å². The number of benzene rings is 2. The normalized spacial score (nSPS) is 15.2. The molecular formula is C22H17F3N2O4S. The molecule has 1 N–H and O–H groups in total. The molecule has 0 atom stereocenters. The summed E-state index contributed by atoms with van der Waals surface area (Å²) < 4.78 is 43.0. The molecule has 1 heterocycles. The number of hydrogen-bond acceptors (Lipinski definition) is 5. The molecule has 166 valence electrons. The van der Waals surface area contributed by atoms with Crippen molar-refractivity contribution in [2.75, 3.05) is 13.1 Å². The molecule has 0 aliphatic carbocycles. The number of nitrogens with one attached hydrogen (secondary N) is 1. The molecular weight excluding hydrogens is 445 g/mol. The molecule has 32 heavy (non-hydrogen) atoms. The fraction of sp³-hybridized carbons (Fsp3) is 0.136. The molecule has 0 radical (unpaired) electrons. The van der Waals surface area contributed by atoms with Crippen LogP contribution in [-0.2, 0) is 9.59 Å². The van der Waals surface area contributed by atoms with Crippen molar-refractivity contribution in [2.45, 2.75) is 6.61 Å². The molecule has 3 amide bonds. The third-order valence-electron chi connectivity index (χ3n) is 4.25. The molecule has 2 aromatic carbocycles. The first-order chi connectivity index (χ1) is 15.3. The third kappa shape index (κ3) is 6.01. The Labute approximate surface area is 185 Å². The highest BCUT2D eigenvalue weighted by Crippen LogP contribution is 2.32. The van der Waals surface area contributed by atoms with Crippen molar-refractivity contribution in [3.8, 4) is 5.75 Å². The van der Waals surface area contributed by atoms with Gasteiger partial charge in [0.05, 0.1) is 4.91 Å². The van der Waals surface area contributed by atoms with Gasteiger partial charge in [0.1, 0.15) is 11.6 Å². The fourth-order valence-corrected chi connectivity index (χ4v) is 3.62. The first-order valence-corrected chi connectivity index (χ1v) is 10.2. The second-order valence-corrected chi connectivity index (χ2v) is 7.39. The number of hydrogen-bond donors (Lipinski definition) is 1. The number of rotatable bonds is 8. The van der Waals surface area contributed by atoms with E-state index in [0.717, 1.165) is 11.0 Å². The van der Waals surface area contributed by atoms with E-state index in [-0.39, 0.29) is 34.9 Å². The van der Waals surface area contributed by atoms with Crippen molar-refractivity contribution in [1.29, 1.82) is 0 Å². The Bertz CT molecular complexity index is 1090. The summed E-state index contributed by atoms with van der Waals surface area (Å²) in [6, 6.07) is 11.8. The van der Waals surface area contributed by atoms with Crippen LogP contribution in [0.3, 0.4) is 0 Å². The lowest BCUT2D eigenvalue weighted by Crippen LogP contribution is -2.36. The number of thioether (sulfide) groups is 1. The van der Waals surface area contributed by atoms with Gasteiger partial charge < -0.3 is 10.1 Å². The summed E-state index contributed by atoms with van der Waals surface area (Å²) in [7, 11) is 0. The number of amides is 3. The lowest BCUT2D eigenvalue weighted by molar-refractivity contribution is -0.123. The predicted molar refractivity (Wildman–Crippen MR) is 114 cm³/mol. The van der Waals surface area contributed by atoms with Gasteiger partial charge in [0, 0.05) is 30.3 Å². The summed E-state index contributed by atoms with van der Waals surface area (Å²) in [5, 5.41) is 1.98. The summed E-state index contributed by atoms with van der Waals surface area (Å²) >= 11 is 0.688. The zero-order chi connectivity index (χ0) is 23.1. The molecule has 1 fully saturated rings. The van der Waals surface area contributed by atoms with E-state index in [1.165, 1.54) is 48.6 Å². The number of nitrogens with zero attached hydrogens (tertiary/aromatic N) is 1. The third-order valence-corrected chi connectivity index (χ3v) is 5.16. The van der Waals surface area contributed by atoms with Crippen LogP contribution in [-0.4, -0.2) is 41.7 Å². The van der Waals surface area contributed by atoms with Crippen molar-refractivity contribution < 1.29 is 32.3 Å². The van der Waals surface area contributed by atoms with E-state index >= 15 is 0 Å². The van der Waals surface area contributed by atoms with Gasteiger partial charge >= 0.3 is 6.61 Å². The maximum atomic E-state index is 13.8. The summed E-state index contributed by atoms with van der Waals surface area (Å²) in [6.45, 7) is -3.10. The Morgan fingerprint density at radius 1 is 1.09 bits per heavy atom. The second kappa shape index (κ2) is 10.7. The highest BCUT2D eigenvalue weighted by atomic mass is 32.2. The van der Waals surface area contributed by atoms with Gasteiger partial charge in [-0.25, -0.2) is 4.39 Å². The van der Waals surface area contributed by atoms with E-state index in [4.69, 9.17) is 0 Å². The van der Waals surface area contributed by atoms with E-state index in [1.807, 2.05) is 0 Å². The largest absolute Gasteiger partial charge is 0.434 e. The van der Waals surface area contributed by atoms with Crippen LogP contribution in [0.2, 0.25) is 0 Å². The van der Waals surface area contributed by atoms with Crippen molar-refractivity contribution in [2.24, 2.45) is 0 Å². The van der Waals surface area contributed by atoms with E-state index in [0.29, 0.717) is 11.8 Å². The molecule has 2 aromatic rings. The van der Waals surface area contributed by atoms with Crippen LogP contribution in [0.1, 0.15) is 11.1 Å². The van der Waals surface area contributed by atoms with Crippen molar-refractivity contribution in [3.05, 3.63) is 76.5 Å². The molecule has 0 unspecified atom stereocenters. The van der Waals surface area contributed by atoms with Gasteiger partial charge in [-0.15, -0.1) is 0 Å². The maximum absolute atomic E-state index is 13.8. The molecule has 1 aliphatic rings. The van der Waals surface area contributed by atoms with Crippen LogP contribution in [0.5, 0.6) is 5.75 Å². The Morgan fingerprint density at radius 2 is 1.78 bits per heavy atom. The lowest BCUT2D eigenvalue weighted by Gasteiger charge is -2.12. The molecule has 1 saturated heterocycles. The van der Waals surface area contributed by atoms with E-state index < -0.39 is 29.5 Å². The number of ether oxygens (including phenoxy) is 1. The summed E-state index contributed by atoms with van der Waals surface area (Å²) in [4.78, 5) is 37.6. The number of alkyl halides is 2. The van der Waals surface area contributed by atoms with Gasteiger partial charge in [0.25, 0.3) is 11.1 Å². The van der Waals surface area contributed by atoms with Crippen LogP contribution in [0.25, 0.3) is 12.2 Å². The summed E-state index contributed by atoms with van der Waals surface area (Å²) in [5.74, 6) is -1.72. The Morgan fingerprint density at radius 3 is 2.50 bits per heavy atom. The average Bonchev–Trinajstić information content (AvgIpc) is 3.01. The summed E-state index contributed by atoms with van der Waals surface area (Å²) in [6.07, 6.45) is 3.74. The average molecular weight is 462 g/mol. The Kier molecular flexibility index (Phi) is 7.72. The molecule has 0 bridgehead atoms. The zero-order valence-electron chi connectivity index (χ0n) is 16.5. The van der Waals surface area contributed by atoms with Crippen molar-refractivity contribution >= 4 is 41.0 Å². The highest BCUT2D eigenvalue weighted by molar-refractivity contribution is 8.18. The number of imide groups is 1. The maximum Gasteiger partial charge on any atom is 0.387 e. The minimum atomic E-state index is -3.00. The number of para-hydroxylation sites is 1. The topological polar surface area (TPSA) is 75.7 Å². The van der Waals surface area contributed by atoms with Crippen LogP contribution in [0.15, 0.2) is 59.5 Å². The number of carbonyl (C=O) groups is 3. The SMILES string of the molecule is O=C(/C=C/c1ccccc1OC(F)F)NCCN1C(=O)S/C(=C\c2ccccc2F)C1=O. The predicted octanol–water partition coefficient (Wildman–Crippen LogP) is 4.29. The molecule has 3 rings (SSSR count). The second-order valence-electron chi connectivity index (χ2n) is 6.40. The van der Waals surface area contributed by atoms with Gasteiger partial charge in [-0.3, -0.25) is 19.3 Å². The quantitative estimate of drug-likeness (QED) is 0.593. The fourth-order valence-electron chi connectivity index (χ4n) is 2.76. The Hall–Kier alpha value is -3.53. The first kappa shape index (κ1) is 23.1. The minimum absolute atomic E-state index is 0.0244. The molecule has 0 saturated carbocycles. The smallest absolute Gasteiger partial charge is 0.387 e. The van der Waals surface area contributed by atoms with Crippen LogP contribution in [0, 0.1) is 5.82 Å². The Balaban J connectivity index is 1.55. The van der Waals surface area contributed by atoms with E-state index in [9.17, 15) is 27.6 Å². The van der Waals surface area contributed by atoms with Gasteiger partial charge in [-0.1, -0.05) is 36.4 Å². The van der Waals surface area contributed by atoms with Crippen LogP contribution < -0.4 is 10.1 Å². The molecule has 0 spiro atoms. The van der Waals surface area contributed by atoms with E-state index in [1.54, 1.807) is 12.1 Å². The van der Waals surface area contributed by atoms with E-state index in [2.05, 4.69) is 10.1 Å². The van der Waals surface area contributed by atoms with Crippen molar-refractivity contribution in [1.82, 2.24) is 10.2 Å². The van der Waals surface area contributed by atoms with Gasteiger partial charge in [0.2, 0.25) is 5.91 Å². The lowest BCUT2D eigenvalue weighted by atomic mass is 10.2. The van der Waals surface area contributed by atoms with Gasteiger partial charge in [-0.2, -0.15) is 8.78 Å². The molecule has 10 heteroatoms. The first-order valence-electron chi connectivity index (χ1n) is 9.35. The monoisotopic (exact) mass is 462 g/mol. The van der Waals surface area contributed by atoms with Crippen LogP contribution in [0.4, 0.5) is 18.0 Å².